The predicted molar refractivity (Wildman–Crippen MR) is 133 cm³/mol. The van der Waals surface area contributed by atoms with Crippen molar-refractivity contribution in [3.8, 4) is 0 Å². The highest BCUT2D eigenvalue weighted by atomic mass is 35.5. The minimum absolute atomic E-state index is 0.00158. The van der Waals surface area contributed by atoms with Gasteiger partial charge in [-0.1, -0.05) is 35.9 Å². The average molecular weight is 511 g/mol. The van der Waals surface area contributed by atoms with Gasteiger partial charge >= 0.3 is 5.92 Å². The number of nitrogens with zero attached hydrogens (tertiary/aromatic N) is 2. The minimum Gasteiger partial charge on any atom is -0.398 e. The molecule has 7 nitrogen and oxygen atoms in total. The van der Waals surface area contributed by atoms with Gasteiger partial charge in [-0.25, -0.2) is 0 Å². The molecule has 10 radical (unpaired) electrons. The Hall–Kier alpha value is -3.01. The highest BCUT2D eigenvalue weighted by Gasteiger charge is 2.52. The summed E-state index contributed by atoms with van der Waals surface area (Å²) >= 11 is 5.72. The molecule has 2 aliphatic heterocycles. The molecule has 0 saturated carbocycles. The van der Waals surface area contributed by atoms with Crippen LogP contribution in [0.4, 0.5) is 8.78 Å². The van der Waals surface area contributed by atoms with E-state index in [1.165, 1.54) is 30.3 Å². The topological polar surface area (TPSA) is 86.8 Å². The van der Waals surface area contributed by atoms with E-state index in [1.54, 1.807) is 0 Å². The van der Waals surface area contributed by atoms with Crippen LogP contribution in [0.2, 0.25) is 10.8 Å². The monoisotopic (exact) mass is 511 g/mol. The molecule has 2 heterocycles. The van der Waals surface area contributed by atoms with Crippen LogP contribution in [0.1, 0.15) is 33.5 Å². The summed E-state index contributed by atoms with van der Waals surface area (Å²) in [5, 5.41) is -0.195. The third-order valence-corrected chi connectivity index (χ3v) is 6.75. The van der Waals surface area contributed by atoms with E-state index in [0.29, 0.717) is 0 Å². The van der Waals surface area contributed by atoms with Crippen LogP contribution in [0.5, 0.6) is 0 Å². The number of carbonyl (C=O) groups is 4. The number of imide groups is 1. The Morgan fingerprint density at radius 2 is 1.70 bits per heavy atom. The zero-order valence-electron chi connectivity index (χ0n) is 19.1. The van der Waals surface area contributed by atoms with Crippen molar-refractivity contribution >= 4 is 74.6 Å². The van der Waals surface area contributed by atoms with Crippen LogP contribution in [-0.4, -0.2) is 78.1 Å². The van der Waals surface area contributed by atoms with E-state index >= 15 is 0 Å². The van der Waals surface area contributed by atoms with Crippen molar-refractivity contribution in [2.45, 2.75) is 35.5 Å². The number of hydrogen-bond acceptors (Lipinski definition) is 4. The lowest BCUT2D eigenvalue weighted by molar-refractivity contribution is -0.155. The second kappa shape index (κ2) is 9.08. The van der Waals surface area contributed by atoms with Gasteiger partial charge in [0.15, 0.2) is 0 Å². The molecule has 2 aromatic rings. The van der Waals surface area contributed by atoms with Crippen LogP contribution in [0, 0.1) is 0 Å². The summed E-state index contributed by atoms with van der Waals surface area (Å²) in [7, 11) is 29.9. The molecule has 1 saturated heterocycles. The molecular weight excluding hydrogens is 498 g/mol. The van der Waals surface area contributed by atoms with Gasteiger partial charge in [0.1, 0.15) is 7.85 Å². The van der Waals surface area contributed by atoms with Gasteiger partial charge < -0.3 is 9.71 Å². The summed E-state index contributed by atoms with van der Waals surface area (Å²) in [6, 6.07) is 8.06. The SMILES string of the molecule is [B]C1CC(=O)NC(=O)[C@]1([B])N1Cc2cc(C([B])([B])N([B])C(=O)C(F)(F)c3ccc(Cl)cc3)ccc2C1=O. The third-order valence-electron chi connectivity index (χ3n) is 6.50. The Bertz CT molecular complexity index is 1330. The van der Waals surface area contributed by atoms with E-state index in [9.17, 15) is 28.0 Å². The number of amides is 4. The summed E-state index contributed by atoms with van der Waals surface area (Å²) in [4.78, 5) is 50.9. The molecule has 0 aliphatic carbocycles. The molecule has 1 N–H and O–H groups in total. The summed E-state index contributed by atoms with van der Waals surface area (Å²) in [6.07, 6.45) is -0.297. The number of piperidine rings is 1. The number of benzene rings is 2. The fourth-order valence-corrected chi connectivity index (χ4v) is 4.36. The second-order valence-electron chi connectivity index (χ2n) is 8.86. The van der Waals surface area contributed by atoms with Crippen LogP contribution in [-0.2, 0) is 32.2 Å². The lowest BCUT2D eigenvalue weighted by Crippen LogP contribution is -2.66. The molecule has 4 rings (SSSR count). The van der Waals surface area contributed by atoms with Crippen molar-refractivity contribution in [1.82, 2.24) is 15.0 Å². The fourth-order valence-electron chi connectivity index (χ4n) is 4.23. The number of fused-ring (bicyclic) bond motifs is 1. The van der Waals surface area contributed by atoms with Gasteiger partial charge in [0.2, 0.25) is 19.8 Å². The molecule has 15 heteroatoms. The highest BCUT2D eigenvalue weighted by molar-refractivity contribution is 6.43. The number of carbonyl (C=O) groups excluding carboxylic acids is 4. The zero-order valence-corrected chi connectivity index (χ0v) is 19.8. The van der Waals surface area contributed by atoms with Gasteiger partial charge in [-0.2, -0.15) is 8.78 Å². The first kappa shape index (κ1) is 27.0. The van der Waals surface area contributed by atoms with Crippen molar-refractivity contribution in [1.29, 1.82) is 0 Å². The van der Waals surface area contributed by atoms with Gasteiger partial charge in [0.05, 0.1) is 29.0 Å². The van der Waals surface area contributed by atoms with Crippen molar-refractivity contribution in [2.24, 2.45) is 0 Å². The van der Waals surface area contributed by atoms with Crippen LogP contribution >= 0.6 is 11.6 Å². The van der Waals surface area contributed by atoms with E-state index in [0.717, 1.165) is 17.0 Å². The van der Waals surface area contributed by atoms with E-state index in [-0.39, 0.29) is 39.5 Å². The summed E-state index contributed by atoms with van der Waals surface area (Å²) < 4.78 is 29.8. The second-order valence-corrected chi connectivity index (χ2v) is 9.29. The lowest BCUT2D eigenvalue weighted by atomic mass is 9.55. The molecule has 2 aromatic carbocycles. The maximum Gasteiger partial charge on any atom is 0.348 e. The molecule has 0 bridgehead atoms. The van der Waals surface area contributed by atoms with Gasteiger partial charge in [-0.3, -0.25) is 24.5 Å². The van der Waals surface area contributed by atoms with Crippen LogP contribution < -0.4 is 5.32 Å². The number of halogens is 3. The average Bonchev–Trinajstić information content (AvgIpc) is 3.17. The predicted octanol–water partition coefficient (Wildman–Crippen LogP) is 0.316. The lowest BCUT2D eigenvalue weighted by Gasteiger charge is -2.45. The number of alkyl halides is 2. The van der Waals surface area contributed by atoms with Gasteiger partial charge in [-0.15, -0.1) is 0 Å². The van der Waals surface area contributed by atoms with Crippen LogP contribution in [0.25, 0.3) is 0 Å². The molecule has 0 aromatic heterocycles. The number of rotatable bonds is 5. The van der Waals surface area contributed by atoms with Gasteiger partial charge in [0.25, 0.3) is 11.8 Å². The quantitative estimate of drug-likeness (QED) is 0.464. The first-order valence-electron chi connectivity index (χ1n) is 10.8. The molecule has 37 heavy (non-hydrogen) atoms. The van der Waals surface area contributed by atoms with E-state index in [4.69, 9.17) is 51.0 Å². The molecule has 1 fully saturated rings. The van der Waals surface area contributed by atoms with Gasteiger partial charge in [0, 0.05) is 29.1 Å². The molecular formula is C22H13B5ClF2N3O4. The van der Waals surface area contributed by atoms with Crippen molar-refractivity contribution < 1.29 is 28.0 Å². The fraction of sp³-hybridized carbons (Fsp3) is 0.273. The number of nitrogens with one attached hydrogen (secondary N) is 1. The largest absolute Gasteiger partial charge is 0.398 e. The molecule has 4 amide bonds. The highest BCUT2D eigenvalue weighted by Crippen LogP contribution is 2.39. The molecule has 1 unspecified atom stereocenters. The molecule has 2 atom stereocenters. The maximum atomic E-state index is 14.9. The summed E-state index contributed by atoms with van der Waals surface area (Å²) in [5.41, 5.74) is -2.46. The molecule has 2 aliphatic rings. The van der Waals surface area contributed by atoms with Crippen molar-refractivity contribution in [2.75, 3.05) is 0 Å². The Morgan fingerprint density at radius 1 is 1.11 bits per heavy atom. The number of hydrogen-bond donors (Lipinski definition) is 1. The van der Waals surface area contributed by atoms with E-state index < -0.39 is 51.7 Å². The third kappa shape index (κ3) is 4.29. The smallest absolute Gasteiger partial charge is 0.348 e. The van der Waals surface area contributed by atoms with Crippen LogP contribution in [0.3, 0.4) is 0 Å². The van der Waals surface area contributed by atoms with E-state index in [2.05, 4.69) is 5.32 Å². The Morgan fingerprint density at radius 3 is 2.30 bits per heavy atom. The summed E-state index contributed by atoms with van der Waals surface area (Å²) in [5.74, 6) is -9.44. The zero-order chi connectivity index (χ0) is 27.5. The minimum atomic E-state index is -4.10. The summed E-state index contributed by atoms with van der Waals surface area (Å²) in [6.45, 7) is -0.247. The standard InChI is InChI=1S/C22H13B5ClF2N3O4/c23-15-8-16(34)31-18(36)20(15,24)32-9-10-7-12(3-6-14(10)17(32)35)22(25,26)33(27)19(37)21(29,30)11-1-4-13(28)5-2-11/h1-7,15H,8-9H2,(H,31,34,36)/t15?,20-/m1/s1. The Balaban J connectivity index is 1.62. The normalized spacial score (nSPS) is 22.0. The first-order valence-corrected chi connectivity index (χ1v) is 11.1. The van der Waals surface area contributed by atoms with Crippen LogP contribution in [0.15, 0.2) is 42.5 Å². The van der Waals surface area contributed by atoms with Gasteiger partial charge in [-0.05, 0) is 40.5 Å². The molecule has 0 spiro atoms. The van der Waals surface area contributed by atoms with E-state index in [1.807, 2.05) is 0 Å². The molecule has 176 valence electrons. The van der Waals surface area contributed by atoms with Crippen molar-refractivity contribution in [3.63, 3.8) is 0 Å². The van der Waals surface area contributed by atoms with Crippen molar-refractivity contribution in [3.05, 3.63) is 69.7 Å². The maximum absolute atomic E-state index is 14.9. The first-order chi connectivity index (χ1) is 17.1. The Kier molecular flexibility index (Phi) is 6.63. The Labute approximate surface area is 222 Å².